The Morgan fingerprint density at radius 1 is 1.40 bits per heavy atom. The average molecular weight is 352 g/mol. The van der Waals surface area contributed by atoms with Crippen LogP contribution in [-0.2, 0) is 0 Å². The number of rotatable bonds is 9. The normalized spacial score (nSPS) is 11.1. The molecule has 0 unspecified atom stereocenters. The Bertz CT molecular complexity index is 691. The largest absolute Gasteiger partial charge is 0.497 e. The van der Waals surface area contributed by atoms with Crippen LogP contribution >= 0.6 is 0 Å². The van der Waals surface area contributed by atoms with E-state index in [1.165, 1.54) is 0 Å². The second kappa shape index (κ2) is 9.12. The predicted octanol–water partition coefficient (Wildman–Crippen LogP) is 2.40. The first kappa shape index (κ1) is 18.9. The van der Waals surface area contributed by atoms with Crippen LogP contribution in [0.5, 0.6) is 5.75 Å². The van der Waals surface area contributed by atoms with Crippen molar-refractivity contribution in [1.29, 1.82) is 0 Å². The Balaban J connectivity index is 1.91. The number of nitrogens with zero attached hydrogens (tertiary/aromatic N) is 2. The number of ether oxygens (including phenoxy) is 1. The predicted molar refractivity (Wildman–Crippen MR) is 91.0 cm³/mol. The molecular weight excluding hydrogens is 330 g/mol. The van der Waals surface area contributed by atoms with E-state index >= 15 is 0 Å². The van der Waals surface area contributed by atoms with Crippen LogP contribution in [0.3, 0.4) is 0 Å². The van der Waals surface area contributed by atoms with Crippen molar-refractivity contribution in [3.63, 3.8) is 0 Å². The second-order valence-electron chi connectivity index (χ2n) is 5.44. The van der Waals surface area contributed by atoms with Gasteiger partial charge in [-0.05, 0) is 24.7 Å². The van der Waals surface area contributed by atoms with E-state index in [-0.39, 0.29) is 19.0 Å². The van der Waals surface area contributed by atoms with Gasteiger partial charge in [0.1, 0.15) is 11.4 Å². The summed E-state index contributed by atoms with van der Waals surface area (Å²) in [5.74, 6) is 0.375. The lowest BCUT2D eigenvalue weighted by Gasteiger charge is -2.19. The maximum absolute atomic E-state index is 12.4. The topological polar surface area (TPSA) is 70.2 Å². The Kier molecular flexibility index (Phi) is 6.88. The first-order valence-corrected chi connectivity index (χ1v) is 8.02. The molecule has 0 fully saturated rings. The van der Waals surface area contributed by atoms with Crippen molar-refractivity contribution in [1.82, 2.24) is 20.4 Å². The highest BCUT2D eigenvalue weighted by molar-refractivity contribution is 5.93. The van der Waals surface area contributed by atoms with Crippen LogP contribution in [0.15, 0.2) is 30.3 Å². The Hall–Kier alpha value is -2.48. The number of methoxy groups -OCH3 is 1. The lowest BCUT2D eigenvalue weighted by molar-refractivity contribution is 0.0871. The number of carbonyl (C=O) groups excluding carboxylic acids is 1. The van der Waals surface area contributed by atoms with Gasteiger partial charge in [0, 0.05) is 18.7 Å². The SMILES string of the molecule is CCN(CCNC(=O)c1cc(-c2cccc(OC)c2)n[nH]1)CC(F)F. The van der Waals surface area contributed by atoms with Gasteiger partial charge in [-0.15, -0.1) is 0 Å². The lowest BCUT2D eigenvalue weighted by Crippen LogP contribution is -2.37. The molecule has 0 bridgehead atoms. The third-order valence-electron chi connectivity index (χ3n) is 3.75. The summed E-state index contributed by atoms with van der Waals surface area (Å²) in [5.41, 5.74) is 1.76. The minimum absolute atomic E-state index is 0.285. The summed E-state index contributed by atoms with van der Waals surface area (Å²) < 4.78 is 29.9. The summed E-state index contributed by atoms with van der Waals surface area (Å²) in [6.45, 7) is 2.66. The Morgan fingerprint density at radius 3 is 2.88 bits per heavy atom. The Morgan fingerprint density at radius 2 is 2.20 bits per heavy atom. The molecule has 8 heteroatoms. The molecule has 0 aliphatic rings. The molecule has 0 radical (unpaired) electrons. The van der Waals surface area contributed by atoms with Crippen LogP contribution in [0.4, 0.5) is 8.78 Å². The van der Waals surface area contributed by atoms with Crippen molar-refractivity contribution in [2.45, 2.75) is 13.3 Å². The van der Waals surface area contributed by atoms with Crippen LogP contribution in [0.2, 0.25) is 0 Å². The first-order valence-electron chi connectivity index (χ1n) is 8.02. The molecule has 136 valence electrons. The minimum Gasteiger partial charge on any atom is -0.497 e. The van der Waals surface area contributed by atoms with E-state index in [0.29, 0.717) is 30.2 Å². The van der Waals surface area contributed by atoms with Gasteiger partial charge in [-0.2, -0.15) is 5.10 Å². The zero-order chi connectivity index (χ0) is 18.2. The van der Waals surface area contributed by atoms with Gasteiger partial charge in [0.2, 0.25) is 0 Å². The molecule has 1 aromatic carbocycles. The molecule has 0 saturated heterocycles. The molecule has 2 rings (SSSR count). The van der Waals surface area contributed by atoms with Crippen LogP contribution in [0.1, 0.15) is 17.4 Å². The van der Waals surface area contributed by atoms with Crippen LogP contribution in [0.25, 0.3) is 11.3 Å². The summed E-state index contributed by atoms with van der Waals surface area (Å²) in [6.07, 6.45) is -2.38. The quantitative estimate of drug-likeness (QED) is 0.727. The number of H-pyrrole nitrogens is 1. The number of nitrogens with one attached hydrogen (secondary N) is 2. The second-order valence-corrected chi connectivity index (χ2v) is 5.44. The Labute approximate surface area is 145 Å². The number of benzene rings is 1. The summed E-state index contributed by atoms with van der Waals surface area (Å²) >= 11 is 0. The summed E-state index contributed by atoms with van der Waals surface area (Å²) in [5, 5.41) is 9.52. The molecule has 0 aliphatic heterocycles. The number of aromatic nitrogens is 2. The molecule has 1 amide bonds. The van der Waals surface area contributed by atoms with Crippen molar-refractivity contribution in [2.24, 2.45) is 0 Å². The minimum atomic E-state index is -2.38. The highest BCUT2D eigenvalue weighted by Gasteiger charge is 2.13. The maximum Gasteiger partial charge on any atom is 0.269 e. The molecule has 2 N–H and O–H groups in total. The number of amides is 1. The van der Waals surface area contributed by atoms with E-state index in [9.17, 15) is 13.6 Å². The number of likely N-dealkylation sites (N-methyl/N-ethyl adjacent to an activating group) is 1. The smallest absolute Gasteiger partial charge is 0.269 e. The molecule has 0 saturated carbocycles. The van der Waals surface area contributed by atoms with Crippen LogP contribution < -0.4 is 10.1 Å². The third kappa shape index (κ3) is 5.53. The van der Waals surface area contributed by atoms with Crippen LogP contribution in [0, 0.1) is 0 Å². The van der Waals surface area contributed by atoms with Crippen molar-refractivity contribution < 1.29 is 18.3 Å². The van der Waals surface area contributed by atoms with E-state index in [1.807, 2.05) is 24.3 Å². The summed E-state index contributed by atoms with van der Waals surface area (Å²) in [4.78, 5) is 13.7. The van der Waals surface area contributed by atoms with E-state index in [2.05, 4.69) is 15.5 Å². The van der Waals surface area contributed by atoms with Gasteiger partial charge in [-0.3, -0.25) is 14.8 Å². The zero-order valence-electron chi connectivity index (χ0n) is 14.3. The maximum atomic E-state index is 12.4. The average Bonchev–Trinajstić information content (AvgIpc) is 3.10. The molecule has 1 aromatic heterocycles. The van der Waals surface area contributed by atoms with E-state index < -0.39 is 6.43 Å². The number of hydrogen-bond acceptors (Lipinski definition) is 4. The summed E-state index contributed by atoms with van der Waals surface area (Å²) in [7, 11) is 1.58. The van der Waals surface area contributed by atoms with Gasteiger partial charge in [0.05, 0.1) is 19.3 Å². The van der Waals surface area contributed by atoms with Crippen molar-refractivity contribution >= 4 is 5.91 Å². The van der Waals surface area contributed by atoms with E-state index in [4.69, 9.17) is 4.74 Å². The number of hydrogen-bond donors (Lipinski definition) is 2. The van der Waals surface area contributed by atoms with Crippen molar-refractivity contribution in [3.8, 4) is 17.0 Å². The molecule has 0 aliphatic carbocycles. The highest BCUT2D eigenvalue weighted by atomic mass is 19.3. The fourth-order valence-corrected chi connectivity index (χ4v) is 2.36. The number of halogens is 2. The third-order valence-corrected chi connectivity index (χ3v) is 3.75. The summed E-state index contributed by atoms with van der Waals surface area (Å²) in [6, 6.07) is 8.99. The van der Waals surface area contributed by atoms with Crippen molar-refractivity contribution in [2.75, 3.05) is 33.3 Å². The number of aromatic amines is 1. The molecule has 0 atom stereocenters. The molecule has 6 nitrogen and oxygen atoms in total. The van der Waals surface area contributed by atoms with Gasteiger partial charge in [-0.1, -0.05) is 19.1 Å². The molecule has 1 heterocycles. The fourth-order valence-electron chi connectivity index (χ4n) is 2.36. The lowest BCUT2D eigenvalue weighted by atomic mass is 10.1. The number of carbonyl (C=O) groups is 1. The monoisotopic (exact) mass is 352 g/mol. The molecule has 0 spiro atoms. The van der Waals surface area contributed by atoms with E-state index in [0.717, 1.165) is 5.56 Å². The standard InChI is InChI=1S/C17H22F2N4O2/c1-3-23(11-16(18)19)8-7-20-17(24)15-10-14(21-22-15)12-5-4-6-13(9-12)25-2/h4-6,9-10,16H,3,7-8,11H2,1-2H3,(H,20,24)(H,21,22). The number of alkyl halides is 2. The molecular formula is C17H22F2N4O2. The van der Waals surface area contributed by atoms with Gasteiger partial charge >= 0.3 is 0 Å². The molecule has 2 aromatic rings. The van der Waals surface area contributed by atoms with E-state index in [1.54, 1.807) is 25.0 Å². The molecule has 25 heavy (non-hydrogen) atoms. The van der Waals surface area contributed by atoms with Gasteiger partial charge < -0.3 is 10.1 Å². The van der Waals surface area contributed by atoms with Gasteiger partial charge in [0.15, 0.2) is 0 Å². The van der Waals surface area contributed by atoms with Gasteiger partial charge in [0.25, 0.3) is 12.3 Å². The fraction of sp³-hybridized carbons (Fsp3) is 0.412. The van der Waals surface area contributed by atoms with Gasteiger partial charge in [-0.25, -0.2) is 8.78 Å². The first-order chi connectivity index (χ1) is 12.0. The van der Waals surface area contributed by atoms with Crippen LogP contribution in [-0.4, -0.2) is 60.7 Å². The zero-order valence-corrected chi connectivity index (χ0v) is 14.3. The van der Waals surface area contributed by atoms with Crippen molar-refractivity contribution in [3.05, 3.63) is 36.0 Å². The highest BCUT2D eigenvalue weighted by Crippen LogP contribution is 2.22.